The van der Waals surface area contributed by atoms with Crippen molar-refractivity contribution in [1.82, 2.24) is 28.9 Å². The number of fused-ring (bicyclic) bond motifs is 1. The van der Waals surface area contributed by atoms with E-state index in [9.17, 15) is 22.4 Å². The van der Waals surface area contributed by atoms with Crippen LogP contribution in [0.2, 0.25) is 5.15 Å². The predicted octanol–water partition coefficient (Wildman–Crippen LogP) is 3.59. The molecule has 1 aliphatic rings. The Morgan fingerprint density at radius 3 is 2.42 bits per heavy atom. The van der Waals surface area contributed by atoms with Gasteiger partial charge in [0.1, 0.15) is 27.2 Å². The van der Waals surface area contributed by atoms with E-state index in [4.69, 9.17) is 11.6 Å². The van der Waals surface area contributed by atoms with Gasteiger partial charge >= 0.3 is 5.69 Å². The highest BCUT2D eigenvalue weighted by Gasteiger charge is 2.30. The molecule has 0 spiro atoms. The van der Waals surface area contributed by atoms with Crippen molar-refractivity contribution in [1.29, 1.82) is 0 Å². The molecule has 0 bridgehead atoms. The standard InChI is InChI=1S/C29H29ClFN7O4S/c1-17-25(26(30)35(2)34-17)43(41,42)36(3)21-12-10-18(11-13-21)14-23-32-24-27(33-23)37(15-19-8-9-19)29(40)38(28(24)39)16-20-6-4-5-7-22(20)31/h4-7,10-13,19H,8-9,14-16H2,1-3H3,(H,32,33). The number of rotatable bonds is 9. The molecule has 0 amide bonds. The third kappa shape index (κ3) is 5.27. The van der Waals surface area contributed by atoms with E-state index in [1.165, 1.54) is 22.4 Å². The fourth-order valence-electron chi connectivity index (χ4n) is 5.15. The second-order valence-electron chi connectivity index (χ2n) is 10.8. The summed E-state index contributed by atoms with van der Waals surface area (Å²) in [6, 6.07) is 12.9. The van der Waals surface area contributed by atoms with Gasteiger partial charge in [0.15, 0.2) is 5.65 Å². The summed E-state index contributed by atoms with van der Waals surface area (Å²) in [6.07, 6.45) is 2.27. The molecule has 1 aliphatic carbocycles. The summed E-state index contributed by atoms with van der Waals surface area (Å²) in [5.74, 6) is 0.297. The summed E-state index contributed by atoms with van der Waals surface area (Å²) in [5, 5.41) is 4.13. The first-order chi connectivity index (χ1) is 20.5. The van der Waals surface area contributed by atoms with Gasteiger partial charge in [-0.3, -0.25) is 22.9 Å². The number of aryl methyl sites for hydroxylation is 2. The maximum atomic E-state index is 14.4. The smallest absolute Gasteiger partial charge is 0.333 e. The van der Waals surface area contributed by atoms with Gasteiger partial charge in [-0.25, -0.2) is 22.6 Å². The minimum absolute atomic E-state index is 0.0268. The summed E-state index contributed by atoms with van der Waals surface area (Å²) in [6.45, 7) is 1.82. The molecule has 11 nitrogen and oxygen atoms in total. The van der Waals surface area contributed by atoms with Crippen LogP contribution in [0.4, 0.5) is 10.1 Å². The van der Waals surface area contributed by atoms with E-state index in [1.54, 1.807) is 56.4 Å². The van der Waals surface area contributed by atoms with Gasteiger partial charge in [0.05, 0.1) is 17.9 Å². The van der Waals surface area contributed by atoms with Gasteiger partial charge in [-0.1, -0.05) is 41.9 Å². The van der Waals surface area contributed by atoms with Gasteiger partial charge in [-0.15, -0.1) is 0 Å². The van der Waals surface area contributed by atoms with E-state index in [0.717, 1.165) is 27.3 Å². The molecule has 14 heteroatoms. The van der Waals surface area contributed by atoms with Gasteiger partial charge in [0.2, 0.25) is 0 Å². The normalized spacial score (nSPS) is 13.6. The lowest BCUT2D eigenvalue weighted by molar-refractivity contribution is 0.548. The molecule has 0 radical (unpaired) electrons. The quantitative estimate of drug-likeness (QED) is 0.267. The largest absolute Gasteiger partial charge is 0.336 e. The van der Waals surface area contributed by atoms with Crippen LogP contribution in [-0.2, 0) is 36.6 Å². The van der Waals surface area contributed by atoms with E-state index < -0.39 is 27.1 Å². The Bertz CT molecular complexity index is 2090. The number of halogens is 2. The third-order valence-electron chi connectivity index (χ3n) is 7.72. The molecule has 2 aromatic carbocycles. The first kappa shape index (κ1) is 28.9. The SMILES string of the molecule is Cc1nn(C)c(Cl)c1S(=O)(=O)N(C)c1ccc(Cc2nc3c([nH]2)c(=O)n(Cc2ccccc2F)c(=O)n3CC2CC2)cc1. The van der Waals surface area contributed by atoms with Crippen molar-refractivity contribution >= 4 is 38.5 Å². The molecule has 0 aliphatic heterocycles. The highest BCUT2D eigenvalue weighted by Crippen LogP contribution is 2.31. The first-order valence-corrected chi connectivity index (χ1v) is 15.5. The van der Waals surface area contributed by atoms with Gasteiger partial charge in [-0.05, 0) is 49.4 Å². The van der Waals surface area contributed by atoms with E-state index in [2.05, 4.69) is 15.1 Å². The number of nitrogens with one attached hydrogen (secondary N) is 1. The van der Waals surface area contributed by atoms with Crippen LogP contribution >= 0.6 is 11.6 Å². The predicted molar refractivity (Wildman–Crippen MR) is 161 cm³/mol. The Morgan fingerprint density at radius 2 is 1.79 bits per heavy atom. The number of nitrogens with zero attached hydrogens (tertiary/aromatic N) is 6. The molecule has 1 fully saturated rings. The zero-order chi connectivity index (χ0) is 30.6. The lowest BCUT2D eigenvalue weighted by Crippen LogP contribution is -2.40. The molecule has 1 N–H and O–H groups in total. The van der Waals surface area contributed by atoms with Crippen molar-refractivity contribution in [3.63, 3.8) is 0 Å². The number of hydrogen-bond donors (Lipinski definition) is 1. The minimum atomic E-state index is -3.96. The Morgan fingerprint density at radius 1 is 1.09 bits per heavy atom. The Kier molecular flexibility index (Phi) is 7.25. The lowest BCUT2D eigenvalue weighted by Gasteiger charge is -2.19. The Labute approximate surface area is 251 Å². The van der Waals surface area contributed by atoms with Crippen molar-refractivity contribution in [3.8, 4) is 0 Å². The lowest BCUT2D eigenvalue weighted by atomic mass is 10.1. The summed E-state index contributed by atoms with van der Waals surface area (Å²) in [5.41, 5.74) is 1.11. The van der Waals surface area contributed by atoms with Crippen molar-refractivity contribution in [2.75, 3.05) is 11.4 Å². The molecular weight excluding hydrogens is 597 g/mol. The first-order valence-electron chi connectivity index (χ1n) is 13.7. The van der Waals surface area contributed by atoms with E-state index in [0.29, 0.717) is 36.1 Å². The molecule has 5 aromatic rings. The van der Waals surface area contributed by atoms with Gasteiger partial charge < -0.3 is 4.98 Å². The highest BCUT2D eigenvalue weighted by molar-refractivity contribution is 7.93. The molecule has 0 saturated heterocycles. The van der Waals surface area contributed by atoms with Crippen LogP contribution in [0.25, 0.3) is 11.2 Å². The maximum Gasteiger partial charge on any atom is 0.333 e. The van der Waals surface area contributed by atoms with Gasteiger partial charge in [0.25, 0.3) is 15.6 Å². The molecule has 0 atom stereocenters. The van der Waals surface area contributed by atoms with Crippen LogP contribution in [0.3, 0.4) is 0 Å². The molecule has 43 heavy (non-hydrogen) atoms. The second-order valence-corrected chi connectivity index (χ2v) is 13.1. The van der Waals surface area contributed by atoms with Crippen molar-refractivity contribution < 1.29 is 12.8 Å². The summed E-state index contributed by atoms with van der Waals surface area (Å²) < 4.78 is 46.0. The van der Waals surface area contributed by atoms with Crippen LogP contribution in [0.15, 0.2) is 63.0 Å². The monoisotopic (exact) mass is 625 g/mol. The second kappa shape index (κ2) is 10.8. The molecule has 6 rings (SSSR count). The number of H-pyrrole nitrogens is 1. The fraction of sp³-hybridized carbons (Fsp3) is 0.310. The van der Waals surface area contributed by atoms with Crippen LogP contribution in [0.1, 0.15) is 35.5 Å². The van der Waals surface area contributed by atoms with Crippen molar-refractivity contribution in [3.05, 3.63) is 103 Å². The van der Waals surface area contributed by atoms with Crippen LogP contribution < -0.4 is 15.6 Å². The summed E-state index contributed by atoms with van der Waals surface area (Å²) in [4.78, 5) is 34.6. The fourth-order valence-corrected chi connectivity index (χ4v) is 7.05. The molecule has 224 valence electrons. The van der Waals surface area contributed by atoms with Crippen molar-refractivity contribution in [2.24, 2.45) is 13.0 Å². The molecule has 1 saturated carbocycles. The number of benzene rings is 2. The molecular formula is C29H29ClFN7O4S. The molecule has 3 aromatic heterocycles. The average molecular weight is 626 g/mol. The Balaban J connectivity index is 1.31. The van der Waals surface area contributed by atoms with Crippen LogP contribution in [-0.4, -0.2) is 44.3 Å². The maximum absolute atomic E-state index is 14.4. The van der Waals surface area contributed by atoms with Crippen molar-refractivity contribution in [2.45, 2.75) is 44.2 Å². The van der Waals surface area contributed by atoms with E-state index in [-0.39, 0.29) is 33.3 Å². The average Bonchev–Trinajstić information content (AvgIpc) is 3.63. The number of sulfonamides is 1. The zero-order valence-electron chi connectivity index (χ0n) is 23.7. The topological polar surface area (TPSA) is 128 Å². The number of hydrogen-bond acceptors (Lipinski definition) is 6. The third-order valence-corrected chi connectivity index (χ3v) is 10.2. The Hall–Kier alpha value is -4.23. The number of aromatic amines is 1. The molecule has 0 unspecified atom stereocenters. The molecule has 3 heterocycles. The number of anilines is 1. The number of imidazole rings is 1. The van der Waals surface area contributed by atoms with E-state index in [1.807, 2.05) is 0 Å². The van der Waals surface area contributed by atoms with Crippen LogP contribution in [0.5, 0.6) is 0 Å². The van der Waals surface area contributed by atoms with Crippen LogP contribution in [0, 0.1) is 18.7 Å². The van der Waals surface area contributed by atoms with Gasteiger partial charge in [0, 0.05) is 32.6 Å². The van der Waals surface area contributed by atoms with E-state index >= 15 is 0 Å². The zero-order valence-corrected chi connectivity index (χ0v) is 25.3. The summed E-state index contributed by atoms with van der Waals surface area (Å²) in [7, 11) is -0.946. The number of aromatic nitrogens is 6. The van der Waals surface area contributed by atoms with Gasteiger partial charge in [-0.2, -0.15) is 5.10 Å². The highest BCUT2D eigenvalue weighted by atomic mass is 35.5. The minimum Gasteiger partial charge on any atom is -0.336 e. The summed E-state index contributed by atoms with van der Waals surface area (Å²) >= 11 is 6.22.